The van der Waals surface area contributed by atoms with Crippen LogP contribution in [0.5, 0.6) is 0 Å². The van der Waals surface area contributed by atoms with Gasteiger partial charge < -0.3 is 0 Å². The maximum Gasteiger partial charge on any atom is 0.399 e. The Kier molecular flexibility index (Phi) is 3.97. The Balaban J connectivity index is 2.58. The largest absolute Gasteiger partial charge is 0.399 e. The standard InChI is InChI=1S/C11H10Cl3F3N2/c12-7-3-6(4-8(13)9(7)14)10(11(15,16)17)1-2-19(18)5-10/h3-4H,1-2,5,18H2/t10-/m1/s1. The molecule has 0 spiro atoms. The van der Waals surface area contributed by atoms with Gasteiger partial charge in [-0.15, -0.1) is 0 Å². The zero-order valence-electron chi connectivity index (χ0n) is 9.57. The second-order valence-electron chi connectivity index (χ2n) is 4.55. The number of nitrogens with two attached hydrogens (primary N) is 1. The first-order valence-corrected chi connectivity index (χ1v) is 6.52. The van der Waals surface area contributed by atoms with E-state index in [4.69, 9.17) is 40.6 Å². The smallest absolute Gasteiger partial charge is 0.269 e. The van der Waals surface area contributed by atoms with Gasteiger partial charge in [0, 0.05) is 13.1 Å². The van der Waals surface area contributed by atoms with E-state index in [2.05, 4.69) is 0 Å². The van der Waals surface area contributed by atoms with Crippen LogP contribution in [0.3, 0.4) is 0 Å². The SMILES string of the molecule is NN1CC[C@@](c2cc(Cl)c(Cl)c(Cl)c2)(C(F)(F)F)C1. The van der Waals surface area contributed by atoms with Crippen molar-refractivity contribution in [2.75, 3.05) is 13.1 Å². The predicted molar refractivity (Wildman–Crippen MR) is 69.6 cm³/mol. The van der Waals surface area contributed by atoms with Crippen molar-refractivity contribution in [3.05, 3.63) is 32.8 Å². The predicted octanol–water partition coefficient (Wildman–Crippen LogP) is 4.03. The monoisotopic (exact) mass is 332 g/mol. The van der Waals surface area contributed by atoms with Crippen molar-refractivity contribution in [1.82, 2.24) is 5.01 Å². The van der Waals surface area contributed by atoms with Crippen LogP contribution in [-0.2, 0) is 5.41 Å². The van der Waals surface area contributed by atoms with Crippen LogP contribution in [0.15, 0.2) is 12.1 Å². The molecule has 0 saturated carbocycles. The minimum atomic E-state index is -4.44. The molecule has 19 heavy (non-hydrogen) atoms. The fourth-order valence-electron chi connectivity index (χ4n) is 2.30. The second-order valence-corrected chi connectivity index (χ2v) is 5.75. The zero-order valence-corrected chi connectivity index (χ0v) is 11.8. The average Bonchev–Trinajstić information content (AvgIpc) is 2.68. The fourth-order valence-corrected chi connectivity index (χ4v) is 2.90. The molecule has 1 aromatic rings. The van der Waals surface area contributed by atoms with Gasteiger partial charge in [-0.05, 0) is 24.1 Å². The molecule has 1 heterocycles. The van der Waals surface area contributed by atoms with Crippen molar-refractivity contribution in [1.29, 1.82) is 0 Å². The molecule has 8 heteroatoms. The highest BCUT2D eigenvalue weighted by molar-refractivity contribution is 6.48. The highest BCUT2D eigenvalue weighted by Crippen LogP contribution is 2.49. The van der Waals surface area contributed by atoms with Crippen molar-refractivity contribution in [3.8, 4) is 0 Å². The lowest BCUT2D eigenvalue weighted by Gasteiger charge is -2.32. The molecular weight excluding hydrogens is 323 g/mol. The van der Waals surface area contributed by atoms with Gasteiger partial charge in [-0.2, -0.15) is 13.2 Å². The summed E-state index contributed by atoms with van der Waals surface area (Å²) >= 11 is 17.4. The first-order valence-electron chi connectivity index (χ1n) is 5.39. The van der Waals surface area contributed by atoms with Crippen LogP contribution in [0.2, 0.25) is 15.1 Å². The van der Waals surface area contributed by atoms with E-state index < -0.39 is 11.6 Å². The molecule has 0 radical (unpaired) electrons. The molecule has 2 nitrogen and oxygen atoms in total. The summed E-state index contributed by atoms with van der Waals surface area (Å²) in [4.78, 5) is 0. The topological polar surface area (TPSA) is 29.3 Å². The molecule has 0 bridgehead atoms. The lowest BCUT2D eigenvalue weighted by molar-refractivity contribution is -0.187. The molecule has 0 aliphatic carbocycles. The van der Waals surface area contributed by atoms with Gasteiger partial charge in [-0.3, -0.25) is 5.84 Å². The Morgan fingerprint density at radius 1 is 1.16 bits per heavy atom. The summed E-state index contributed by atoms with van der Waals surface area (Å²) in [5, 5.41) is 1.20. The van der Waals surface area contributed by atoms with E-state index in [0.29, 0.717) is 0 Å². The van der Waals surface area contributed by atoms with Crippen LogP contribution in [0.1, 0.15) is 12.0 Å². The molecule has 0 amide bonds. The molecule has 0 aromatic heterocycles. The number of rotatable bonds is 1. The van der Waals surface area contributed by atoms with E-state index in [0.717, 1.165) is 5.01 Å². The Hall–Kier alpha value is -0.200. The maximum atomic E-state index is 13.4. The van der Waals surface area contributed by atoms with Crippen molar-refractivity contribution in [2.45, 2.75) is 18.0 Å². The molecule has 106 valence electrons. The molecule has 2 N–H and O–H groups in total. The first-order chi connectivity index (χ1) is 8.67. The van der Waals surface area contributed by atoms with E-state index in [1.54, 1.807) is 0 Å². The van der Waals surface area contributed by atoms with Gasteiger partial charge in [0.1, 0.15) is 5.41 Å². The van der Waals surface area contributed by atoms with Crippen molar-refractivity contribution >= 4 is 34.8 Å². The normalized spacial score (nSPS) is 25.0. The van der Waals surface area contributed by atoms with E-state index in [1.807, 2.05) is 0 Å². The van der Waals surface area contributed by atoms with Gasteiger partial charge in [0.15, 0.2) is 0 Å². The summed E-state index contributed by atoms with van der Waals surface area (Å²) in [6.45, 7) is -0.178. The van der Waals surface area contributed by atoms with Crippen molar-refractivity contribution in [2.24, 2.45) is 5.84 Å². The minimum absolute atomic E-state index is 0.00302. The van der Waals surface area contributed by atoms with E-state index in [1.165, 1.54) is 12.1 Å². The van der Waals surface area contributed by atoms with Crippen molar-refractivity contribution in [3.63, 3.8) is 0 Å². The Bertz CT molecular complexity index is 483. The Labute approximate surface area is 123 Å². The molecule has 1 fully saturated rings. The molecule has 1 saturated heterocycles. The van der Waals surface area contributed by atoms with Crippen LogP contribution in [0.4, 0.5) is 13.2 Å². The third-order valence-electron chi connectivity index (χ3n) is 3.38. The number of nitrogens with zero attached hydrogens (tertiary/aromatic N) is 1. The van der Waals surface area contributed by atoms with Gasteiger partial charge in [0.05, 0.1) is 15.1 Å². The lowest BCUT2D eigenvalue weighted by atomic mass is 9.79. The number of benzene rings is 1. The van der Waals surface area contributed by atoms with Gasteiger partial charge in [0.2, 0.25) is 0 Å². The molecule has 1 aliphatic rings. The number of hydrazine groups is 1. The molecule has 1 aromatic carbocycles. The van der Waals surface area contributed by atoms with Crippen LogP contribution < -0.4 is 5.84 Å². The molecule has 1 atom stereocenters. The van der Waals surface area contributed by atoms with E-state index in [9.17, 15) is 13.2 Å². The second kappa shape index (κ2) is 4.97. The number of alkyl halides is 3. The summed E-state index contributed by atoms with van der Waals surface area (Å²) in [5.41, 5.74) is -2.06. The Morgan fingerprint density at radius 3 is 2.05 bits per heavy atom. The van der Waals surface area contributed by atoms with E-state index >= 15 is 0 Å². The molecule has 1 aliphatic heterocycles. The summed E-state index contributed by atoms with van der Waals surface area (Å²) in [6.07, 6.45) is -4.58. The third-order valence-corrected chi connectivity index (χ3v) is 4.57. The highest BCUT2D eigenvalue weighted by atomic mass is 35.5. The lowest BCUT2D eigenvalue weighted by Crippen LogP contribution is -2.45. The van der Waals surface area contributed by atoms with Crippen LogP contribution in [0, 0.1) is 0 Å². The molecule has 0 unspecified atom stereocenters. The minimum Gasteiger partial charge on any atom is -0.269 e. The zero-order chi connectivity index (χ0) is 14.4. The summed E-state index contributed by atoms with van der Waals surface area (Å²) in [5.74, 6) is 5.49. The summed E-state index contributed by atoms with van der Waals surface area (Å²) < 4.78 is 40.3. The quantitative estimate of drug-likeness (QED) is 0.621. The number of hydrogen-bond donors (Lipinski definition) is 1. The maximum absolute atomic E-state index is 13.4. The molecule has 2 rings (SSSR count). The van der Waals surface area contributed by atoms with Gasteiger partial charge in [-0.1, -0.05) is 34.8 Å². The van der Waals surface area contributed by atoms with Crippen LogP contribution in [-0.4, -0.2) is 24.3 Å². The molecular formula is C11H10Cl3F3N2. The van der Waals surface area contributed by atoms with Crippen LogP contribution >= 0.6 is 34.8 Å². The van der Waals surface area contributed by atoms with Crippen molar-refractivity contribution < 1.29 is 13.2 Å². The number of hydrogen-bond acceptors (Lipinski definition) is 2. The summed E-state index contributed by atoms with van der Waals surface area (Å²) in [7, 11) is 0. The van der Waals surface area contributed by atoms with Crippen LogP contribution in [0.25, 0.3) is 0 Å². The average molecular weight is 334 g/mol. The van der Waals surface area contributed by atoms with Gasteiger partial charge in [0.25, 0.3) is 0 Å². The fraction of sp³-hybridized carbons (Fsp3) is 0.455. The Morgan fingerprint density at radius 2 is 1.68 bits per heavy atom. The first kappa shape index (κ1) is 15.2. The highest BCUT2D eigenvalue weighted by Gasteiger charge is 2.58. The number of halogens is 6. The van der Waals surface area contributed by atoms with Gasteiger partial charge >= 0.3 is 6.18 Å². The summed E-state index contributed by atoms with van der Waals surface area (Å²) in [6, 6.07) is 2.42. The van der Waals surface area contributed by atoms with Gasteiger partial charge in [-0.25, -0.2) is 5.01 Å². The van der Waals surface area contributed by atoms with E-state index in [-0.39, 0.29) is 40.1 Å². The third kappa shape index (κ3) is 2.54.